The van der Waals surface area contributed by atoms with Gasteiger partial charge in [-0.2, -0.15) is 18.4 Å². The zero-order valence-electron chi connectivity index (χ0n) is 14.4. The van der Waals surface area contributed by atoms with E-state index in [1.54, 1.807) is 0 Å². The maximum absolute atomic E-state index is 13.1. The molecule has 2 aliphatic rings. The molecule has 2 heterocycles. The molecule has 9 heteroatoms. The summed E-state index contributed by atoms with van der Waals surface area (Å²) in [6, 6.07) is 4.50. The molecule has 0 bridgehead atoms. The SMILES string of the molecule is N#Cc1ccc(C(=O)N2CCC3(CCN(C(=O)O)CC3)C2)cc1C(F)(F)F. The molecule has 2 saturated heterocycles. The first-order valence-electron chi connectivity index (χ1n) is 8.54. The lowest BCUT2D eigenvalue weighted by molar-refractivity contribution is -0.137. The minimum absolute atomic E-state index is 0.0960. The van der Waals surface area contributed by atoms with Crippen molar-refractivity contribution in [2.75, 3.05) is 26.2 Å². The van der Waals surface area contributed by atoms with Crippen LogP contribution in [0.5, 0.6) is 0 Å². The first-order chi connectivity index (χ1) is 12.6. The van der Waals surface area contributed by atoms with Gasteiger partial charge in [-0.3, -0.25) is 4.79 Å². The molecule has 2 amide bonds. The van der Waals surface area contributed by atoms with Crippen molar-refractivity contribution in [3.63, 3.8) is 0 Å². The van der Waals surface area contributed by atoms with Crippen molar-refractivity contribution in [1.82, 2.24) is 9.80 Å². The monoisotopic (exact) mass is 381 g/mol. The third-order valence-corrected chi connectivity index (χ3v) is 5.51. The molecular formula is C18H18F3N3O3. The Hall–Kier alpha value is -2.76. The lowest BCUT2D eigenvalue weighted by Crippen LogP contribution is -2.44. The number of likely N-dealkylation sites (tertiary alicyclic amines) is 2. The van der Waals surface area contributed by atoms with Gasteiger partial charge in [0.15, 0.2) is 0 Å². The lowest BCUT2D eigenvalue weighted by Gasteiger charge is -2.38. The highest BCUT2D eigenvalue weighted by molar-refractivity contribution is 5.95. The molecular weight excluding hydrogens is 363 g/mol. The molecule has 2 fully saturated rings. The van der Waals surface area contributed by atoms with Gasteiger partial charge in [0, 0.05) is 31.7 Å². The molecule has 27 heavy (non-hydrogen) atoms. The molecule has 1 N–H and O–H groups in total. The van der Waals surface area contributed by atoms with Crippen molar-refractivity contribution >= 4 is 12.0 Å². The van der Waals surface area contributed by atoms with Gasteiger partial charge in [0.05, 0.1) is 17.2 Å². The van der Waals surface area contributed by atoms with Crippen LogP contribution in [0.2, 0.25) is 0 Å². The summed E-state index contributed by atoms with van der Waals surface area (Å²) < 4.78 is 39.3. The Morgan fingerprint density at radius 1 is 1.11 bits per heavy atom. The summed E-state index contributed by atoms with van der Waals surface area (Å²) in [5.74, 6) is -0.498. The van der Waals surface area contributed by atoms with Gasteiger partial charge in [-0.1, -0.05) is 0 Å². The van der Waals surface area contributed by atoms with Crippen LogP contribution in [-0.4, -0.2) is 53.1 Å². The van der Waals surface area contributed by atoms with Crippen molar-refractivity contribution < 1.29 is 27.9 Å². The first-order valence-corrected chi connectivity index (χ1v) is 8.54. The van der Waals surface area contributed by atoms with E-state index in [0.717, 1.165) is 12.1 Å². The number of rotatable bonds is 1. The van der Waals surface area contributed by atoms with Gasteiger partial charge >= 0.3 is 12.3 Å². The second kappa shape index (κ2) is 6.76. The van der Waals surface area contributed by atoms with Crippen LogP contribution in [0.3, 0.4) is 0 Å². The Labute approximate surface area is 153 Å². The van der Waals surface area contributed by atoms with Crippen molar-refractivity contribution in [3.8, 4) is 6.07 Å². The van der Waals surface area contributed by atoms with Crippen LogP contribution in [-0.2, 0) is 6.18 Å². The summed E-state index contributed by atoms with van der Waals surface area (Å²) in [6.45, 7) is 1.62. The van der Waals surface area contributed by atoms with Crippen molar-refractivity contribution in [3.05, 3.63) is 34.9 Å². The molecule has 1 aromatic carbocycles. The molecule has 3 rings (SSSR count). The summed E-state index contributed by atoms with van der Waals surface area (Å²) in [5.41, 5.74) is -1.90. The third kappa shape index (κ3) is 3.70. The second-order valence-corrected chi connectivity index (χ2v) is 7.12. The van der Waals surface area contributed by atoms with Crippen LogP contribution < -0.4 is 0 Å². The van der Waals surface area contributed by atoms with Crippen LogP contribution in [0.15, 0.2) is 18.2 Å². The number of amides is 2. The Morgan fingerprint density at radius 2 is 1.70 bits per heavy atom. The highest BCUT2D eigenvalue weighted by Crippen LogP contribution is 2.41. The van der Waals surface area contributed by atoms with E-state index in [-0.39, 0.29) is 11.0 Å². The van der Waals surface area contributed by atoms with Gasteiger partial charge in [0.25, 0.3) is 5.91 Å². The molecule has 0 unspecified atom stereocenters. The first kappa shape index (κ1) is 19.0. The topological polar surface area (TPSA) is 84.6 Å². The number of alkyl halides is 3. The fraction of sp³-hybridized carbons (Fsp3) is 0.500. The van der Waals surface area contributed by atoms with Gasteiger partial charge in [0.2, 0.25) is 0 Å². The molecule has 0 radical (unpaired) electrons. The van der Waals surface area contributed by atoms with Crippen LogP contribution >= 0.6 is 0 Å². The van der Waals surface area contributed by atoms with Crippen LogP contribution in [0.25, 0.3) is 0 Å². The zero-order valence-corrected chi connectivity index (χ0v) is 14.4. The summed E-state index contributed by atoms with van der Waals surface area (Å²) in [6.07, 6.45) is -3.71. The Balaban J connectivity index is 1.75. The fourth-order valence-corrected chi connectivity index (χ4v) is 3.88. The number of piperidine rings is 1. The lowest BCUT2D eigenvalue weighted by atomic mass is 9.78. The molecule has 0 atom stereocenters. The quantitative estimate of drug-likeness (QED) is 0.810. The molecule has 1 aromatic rings. The van der Waals surface area contributed by atoms with Crippen LogP contribution in [0.1, 0.15) is 40.7 Å². The standard InChI is InChI=1S/C18H18F3N3O3/c19-18(20,21)14-9-12(1-2-13(14)10-22)15(25)24-8-5-17(11-24)3-6-23(7-4-17)16(26)27/h1-2,9H,3-8,11H2,(H,26,27). The van der Waals surface area contributed by atoms with Crippen LogP contribution in [0, 0.1) is 16.7 Å². The largest absolute Gasteiger partial charge is 0.465 e. The van der Waals surface area contributed by atoms with Gasteiger partial charge in [-0.15, -0.1) is 0 Å². The fourth-order valence-electron chi connectivity index (χ4n) is 3.88. The number of nitriles is 1. The minimum atomic E-state index is -4.71. The average molecular weight is 381 g/mol. The molecule has 2 aliphatic heterocycles. The van der Waals surface area contributed by atoms with E-state index in [0.29, 0.717) is 45.4 Å². The predicted octanol–water partition coefficient (Wildman–Crippen LogP) is 3.18. The van der Waals surface area contributed by atoms with Gasteiger partial charge < -0.3 is 14.9 Å². The van der Waals surface area contributed by atoms with Crippen molar-refractivity contribution in [2.45, 2.75) is 25.4 Å². The number of hydrogen-bond acceptors (Lipinski definition) is 3. The molecule has 0 saturated carbocycles. The highest BCUT2D eigenvalue weighted by atomic mass is 19.4. The van der Waals surface area contributed by atoms with E-state index in [4.69, 9.17) is 10.4 Å². The summed E-state index contributed by atoms with van der Waals surface area (Å²) in [4.78, 5) is 26.6. The summed E-state index contributed by atoms with van der Waals surface area (Å²) in [7, 11) is 0. The number of carboxylic acid groups (broad SMARTS) is 1. The van der Waals surface area contributed by atoms with E-state index in [2.05, 4.69) is 0 Å². The second-order valence-electron chi connectivity index (χ2n) is 7.12. The smallest absolute Gasteiger partial charge is 0.417 e. The van der Waals surface area contributed by atoms with E-state index in [1.807, 2.05) is 0 Å². The van der Waals surface area contributed by atoms with Crippen LogP contribution in [0.4, 0.5) is 18.0 Å². The van der Waals surface area contributed by atoms with Crippen molar-refractivity contribution in [1.29, 1.82) is 5.26 Å². The molecule has 0 aliphatic carbocycles. The number of halogens is 3. The Kier molecular flexibility index (Phi) is 4.76. The molecule has 144 valence electrons. The van der Waals surface area contributed by atoms with Gasteiger partial charge in [-0.25, -0.2) is 4.79 Å². The Bertz CT molecular complexity index is 808. The normalized spacial score (nSPS) is 19.2. The van der Waals surface area contributed by atoms with E-state index < -0.39 is 29.3 Å². The van der Waals surface area contributed by atoms with E-state index >= 15 is 0 Å². The zero-order chi connectivity index (χ0) is 19.8. The number of hydrogen-bond donors (Lipinski definition) is 1. The minimum Gasteiger partial charge on any atom is -0.465 e. The molecule has 6 nitrogen and oxygen atoms in total. The summed E-state index contributed by atoms with van der Waals surface area (Å²) >= 11 is 0. The molecule has 0 aromatic heterocycles. The van der Waals surface area contributed by atoms with E-state index in [9.17, 15) is 22.8 Å². The maximum atomic E-state index is 13.1. The van der Waals surface area contributed by atoms with Crippen molar-refractivity contribution in [2.24, 2.45) is 5.41 Å². The Morgan fingerprint density at radius 3 is 2.22 bits per heavy atom. The molecule has 1 spiro atoms. The van der Waals surface area contributed by atoms with E-state index in [1.165, 1.54) is 21.9 Å². The predicted molar refractivity (Wildman–Crippen MR) is 87.9 cm³/mol. The third-order valence-electron chi connectivity index (χ3n) is 5.51. The number of nitrogens with zero attached hydrogens (tertiary/aromatic N) is 3. The number of benzene rings is 1. The van der Waals surface area contributed by atoms with Gasteiger partial charge in [-0.05, 0) is 42.9 Å². The average Bonchev–Trinajstić information content (AvgIpc) is 3.03. The maximum Gasteiger partial charge on any atom is 0.417 e. The van der Waals surface area contributed by atoms with Gasteiger partial charge in [0.1, 0.15) is 0 Å². The highest BCUT2D eigenvalue weighted by Gasteiger charge is 2.43. The number of carbonyl (C=O) groups is 2. The summed E-state index contributed by atoms with van der Waals surface area (Å²) in [5, 5.41) is 17.9. The number of carbonyl (C=O) groups excluding carboxylic acids is 1.